The standard InChI is InChI=1S/C17H22N2O2/c1-12(18-19(4)13-8-6-5-7-9-13)16-14(20)10-17(2,3)11-15(16)21/h5-9,20H,10-11H2,1-4H3/b18-12+. The maximum absolute atomic E-state index is 12.3. The third kappa shape index (κ3) is 3.51. The summed E-state index contributed by atoms with van der Waals surface area (Å²) in [6.45, 7) is 5.74. The number of carbonyl (C=O) groups excluding carboxylic acids is 1. The Hall–Kier alpha value is -2.10. The summed E-state index contributed by atoms with van der Waals surface area (Å²) in [7, 11) is 1.83. The molecule has 0 aromatic heterocycles. The van der Waals surface area contributed by atoms with Crippen molar-refractivity contribution in [2.45, 2.75) is 33.6 Å². The first-order chi connectivity index (χ1) is 9.80. The first-order valence-corrected chi connectivity index (χ1v) is 7.10. The molecule has 4 heteroatoms. The van der Waals surface area contributed by atoms with E-state index in [2.05, 4.69) is 5.10 Å². The van der Waals surface area contributed by atoms with E-state index in [4.69, 9.17) is 0 Å². The number of carbonyl (C=O) groups is 1. The third-order valence-corrected chi connectivity index (χ3v) is 3.64. The van der Waals surface area contributed by atoms with Gasteiger partial charge in [-0.05, 0) is 24.5 Å². The Balaban J connectivity index is 2.29. The fourth-order valence-electron chi connectivity index (χ4n) is 2.68. The summed E-state index contributed by atoms with van der Waals surface area (Å²) >= 11 is 0. The Morgan fingerprint density at radius 3 is 2.43 bits per heavy atom. The van der Waals surface area contributed by atoms with Gasteiger partial charge in [-0.15, -0.1) is 0 Å². The van der Waals surface area contributed by atoms with Crippen molar-refractivity contribution in [1.29, 1.82) is 0 Å². The largest absolute Gasteiger partial charge is 0.511 e. The Morgan fingerprint density at radius 1 is 1.24 bits per heavy atom. The number of allylic oxidation sites excluding steroid dienone is 2. The molecule has 0 saturated heterocycles. The fraction of sp³-hybridized carbons (Fsp3) is 0.412. The van der Waals surface area contributed by atoms with E-state index in [-0.39, 0.29) is 17.0 Å². The van der Waals surface area contributed by atoms with E-state index >= 15 is 0 Å². The molecular weight excluding hydrogens is 264 g/mol. The highest BCUT2D eigenvalue weighted by molar-refractivity contribution is 6.22. The third-order valence-electron chi connectivity index (χ3n) is 3.64. The van der Waals surface area contributed by atoms with Crippen LogP contribution in [-0.2, 0) is 4.79 Å². The summed E-state index contributed by atoms with van der Waals surface area (Å²) in [6.07, 6.45) is 0.949. The van der Waals surface area contributed by atoms with Gasteiger partial charge in [0.15, 0.2) is 5.78 Å². The quantitative estimate of drug-likeness (QED) is 0.681. The molecule has 0 radical (unpaired) electrons. The van der Waals surface area contributed by atoms with Crippen LogP contribution in [0.25, 0.3) is 0 Å². The second kappa shape index (κ2) is 5.72. The van der Waals surface area contributed by atoms with Crippen molar-refractivity contribution in [3.63, 3.8) is 0 Å². The summed E-state index contributed by atoms with van der Waals surface area (Å²) in [6, 6.07) is 9.69. The van der Waals surface area contributed by atoms with Gasteiger partial charge in [0.25, 0.3) is 0 Å². The number of nitrogens with zero attached hydrogens (tertiary/aromatic N) is 2. The van der Waals surface area contributed by atoms with E-state index in [1.54, 1.807) is 11.9 Å². The van der Waals surface area contributed by atoms with Crippen LogP contribution in [0, 0.1) is 5.41 Å². The molecule has 0 saturated carbocycles. The van der Waals surface area contributed by atoms with E-state index < -0.39 is 0 Å². The van der Waals surface area contributed by atoms with Gasteiger partial charge in [-0.1, -0.05) is 32.0 Å². The Bertz CT molecular complexity index is 600. The fourth-order valence-corrected chi connectivity index (χ4v) is 2.68. The molecule has 1 N–H and O–H groups in total. The van der Waals surface area contributed by atoms with Gasteiger partial charge in [-0.25, -0.2) is 0 Å². The van der Waals surface area contributed by atoms with Crippen molar-refractivity contribution in [3.8, 4) is 0 Å². The van der Waals surface area contributed by atoms with Crippen molar-refractivity contribution in [3.05, 3.63) is 41.7 Å². The van der Waals surface area contributed by atoms with Gasteiger partial charge in [0.05, 0.1) is 17.0 Å². The molecule has 1 aliphatic carbocycles. The van der Waals surface area contributed by atoms with Gasteiger partial charge in [-0.2, -0.15) is 5.10 Å². The number of rotatable bonds is 3. The average Bonchev–Trinajstić information content (AvgIpc) is 2.37. The van der Waals surface area contributed by atoms with Gasteiger partial charge in [0.2, 0.25) is 0 Å². The minimum Gasteiger partial charge on any atom is -0.511 e. The van der Waals surface area contributed by atoms with Gasteiger partial charge in [0, 0.05) is 19.9 Å². The topological polar surface area (TPSA) is 52.9 Å². The zero-order valence-corrected chi connectivity index (χ0v) is 13.1. The number of hydrogen-bond donors (Lipinski definition) is 1. The number of anilines is 1. The highest BCUT2D eigenvalue weighted by Gasteiger charge is 2.34. The molecule has 112 valence electrons. The van der Waals surface area contributed by atoms with Crippen LogP contribution in [0.2, 0.25) is 0 Å². The Morgan fingerprint density at radius 2 is 1.86 bits per heavy atom. The van der Waals surface area contributed by atoms with Crippen LogP contribution in [0.5, 0.6) is 0 Å². The Kier molecular flexibility index (Phi) is 4.16. The van der Waals surface area contributed by atoms with Crippen molar-refractivity contribution >= 4 is 17.2 Å². The predicted molar refractivity (Wildman–Crippen MR) is 85.6 cm³/mol. The number of aliphatic hydroxyl groups excluding tert-OH is 1. The molecule has 1 aromatic rings. The lowest BCUT2D eigenvalue weighted by Crippen LogP contribution is -2.29. The van der Waals surface area contributed by atoms with Crippen LogP contribution in [-0.4, -0.2) is 23.6 Å². The molecule has 0 fully saturated rings. The van der Waals surface area contributed by atoms with Crippen molar-refractivity contribution < 1.29 is 9.90 Å². The average molecular weight is 286 g/mol. The second-order valence-corrected chi connectivity index (χ2v) is 6.31. The van der Waals surface area contributed by atoms with Crippen molar-refractivity contribution in [2.24, 2.45) is 10.5 Å². The molecule has 4 nitrogen and oxygen atoms in total. The molecule has 21 heavy (non-hydrogen) atoms. The van der Waals surface area contributed by atoms with Crippen molar-refractivity contribution in [2.75, 3.05) is 12.1 Å². The zero-order chi connectivity index (χ0) is 15.6. The molecule has 0 aliphatic heterocycles. The van der Waals surface area contributed by atoms with E-state index in [1.807, 2.05) is 51.2 Å². The number of para-hydroxylation sites is 1. The molecular formula is C17H22N2O2. The molecule has 1 aromatic carbocycles. The predicted octanol–water partition coefficient (Wildman–Crippen LogP) is 3.70. The normalized spacial score (nSPS) is 18.9. The molecule has 0 heterocycles. The molecule has 0 atom stereocenters. The number of ketones is 1. The van der Waals surface area contributed by atoms with Crippen molar-refractivity contribution in [1.82, 2.24) is 0 Å². The first kappa shape index (κ1) is 15.3. The molecule has 1 aliphatic rings. The molecule has 2 rings (SSSR count). The SMILES string of the molecule is C/C(=N\N(C)c1ccccc1)C1=C(O)CC(C)(C)CC1=O. The molecule has 0 bridgehead atoms. The van der Waals surface area contributed by atoms with Gasteiger partial charge in [0.1, 0.15) is 5.76 Å². The maximum atomic E-state index is 12.3. The second-order valence-electron chi connectivity index (χ2n) is 6.31. The number of benzene rings is 1. The first-order valence-electron chi connectivity index (χ1n) is 7.10. The zero-order valence-electron chi connectivity index (χ0n) is 13.1. The highest BCUT2D eigenvalue weighted by Crippen LogP contribution is 2.36. The summed E-state index contributed by atoms with van der Waals surface area (Å²) in [4.78, 5) is 12.3. The Labute approximate surface area is 125 Å². The molecule has 0 amide bonds. The van der Waals surface area contributed by atoms with E-state index in [9.17, 15) is 9.90 Å². The lowest BCUT2D eigenvalue weighted by molar-refractivity contribution is -0.117. The maximum Gasteiger partial charge on any atom is 0.168 e. The van der Waals surface area contributed by atoms with Gasteiger partial charge >= 0.3 is 0 Å². The van der Waals surface area contributed by atoms with E-state index in [1.165, 1.54) is 0 Å². The number of hydrazone groups is 1. The van der Waals surface area contributed by atoms with Gasteiger partial charge < -0.3 is 5.11 Å². The lowest BCUT2D eigenvalue weighted by Gasteiger charge is -2.29. The highest BCUT2D eigenvalue weighted by atomic mass is 16.3. The number of aliphatic hydroxyl groups is 1. The molecule has 0 unspecified atom stereocenters. The number of Topliss-reactive ketones (excluding diaryl/α,β-unsaturated/α-hetero) is 1. The van der Waals surface area contributed by atoms with Crippen LogP contribution in [0.4, 0.5) is 5.69 Å². The summed E-state index contributed by atoms with van der Waals surface area (Å²) in [5.41, 5.74) is 1.67. The van der Waals surface area contributed by atoms with Gasteiger partial charge in [-0.3, -0.25) is 9.80 Å². The van der Waals surface area contributed by atoms with Crippen LogP contribution >= 0.6 is 0 Å². The monoisotopic (exact) mass is 286 g/mol. The summed E-state index contributed by atoms with van der Waals surface area (Å²) in [5, 5.41) is 16.3. The van der Waals surface area contributed by atoms with Crippen LogP contribution < -0.4 is 5.01 Å². The molecule has 0 spiro atoms. The van der Waals surface area contributed by atoms with Crippen LogP contribution in [0.15, 0.2) is 46.8 Å². The van der Waals surface area contributed by atoms with Crippen LogP contribution in [0.3, 0.4) is 0 Å². The van der Waals surface area contributed by atoms with E-state index in [0.29, 0.717) is 24.1 Å². The van der Waals surface area contributed by atoms with E-state index in [0.717, 1.165) is 5.69 Å². The minimum absolute atomic E-state index is 0.0357. The number of hydrogen-bond acceptors (Lipinski definition) is 4. The summed E-state index contributed by atoms with van der Waals surface area (Å²) < 4.78 is 0. The lowest BCUT2D eigenvalue weighted by atomic mass is 9.76. The van der Waals surface area contributed by atoms with Crippen LogP contribution in [0.1, 0.15) is 33.6 Å². The minimum atomic E-state index is -0.184. The smallest absolute Gasteiger partial charge is 0.168 e. The summed E-state index contributed by atoms with van der Waals surface area (Å²) in [5.74, 6) is 0.116.